The Hall–Kier alpha value is -2.44. The Balaban J connectivity index is 1.76. The summed E-state index contributed by atoms with van der Waals surface area (Å²) >= 11 is 0. The van der Waals surface area contributed by atoms with Crippen molar-refractivity contribution in [2.75, 3.05) is 44.2 Å². The molecule has 2 rings (SSSR count). The molecule has 1 heterocycles. The fourth-order valence-corrected chi connectivity index (χ4v) is 3.33. The van der Waals surface area contributed by atoms with E-state index < -0.39 is 0 Å². The monoisotopic (exact) mass is 375 g/mol. The first-order valence-electron chi connectivity index (χ1n) is 9.83. The molecule has 1 aromatic rings. The summed E-state index contributed by atoms with van der Waals surface area (Å²) in [6, 6.07) is 8.63. The summed E-state index contributed by atoms with van der Waals surface area (Å²) < 4.78 is 5.04. The minimum atomic E-state index is -0.228. The zero-order valence-electron chi connectivity index (χ0n) is 16.8. The first-order chi connectivity index (χ1) is 13.0. The number of nitrogens with one attached hydrogen (secondary N) is 1. The average molecular weight is 376 g/mol. The smallest absolute Gasteiger partial charge is 0.409 e. The van der Waals surface area contributed by atoms with Crippen molar-refractivity contribution in [3.8, 4) is 0 Å². The highest BCUT2D eigenvalue weighted by atomic mass is 16.6. The number of nitrogens with zero attached hydrogens (tertiary/aromatic N) is 3. The topological polar surface area (TPSA) is 83.2 Å². The number of anilines is 1. The van der Waals surface area contributed by atoms with Crippen molar-refractivity contribution >= 4 is 17.7 Å². The van der Waals surface area contributed by atoms with Gasteiger partial charge in [0.25, 0.3) is 0 Å². The molecule has 0 atom stereocenters. The van der Waals surface area contributed by atoms with Gasteiger partial charge in [-0.2, -0.15) is 0 Å². The fraction of sp³-hybridized carbons (Fsp3) is 0.600. The number of likely N-dealkylation sites (tertiary alicyclic amines) is 1. The van der Waals surface area contributed by atoms with Crippen LogP contribution in [0.3, 0.4) is 0 Å². The lowest BCUT2D eigenvalue weighted by molar-refractivity contribution is 0.0963. The van der Waals surface area contributed by atoms with Gasteiger partial charge in [0.05, 0.1) is 13.2 Å². The van der Waals surface area contributed by atoms with Crippen LogP contribution < -0.4 is 16.0 Å². The number of ether oxygens (including phenoxy) is 1. The van der Waals surface area contributed by atoms with Crippen molar-refractivity contribution in [1.82, 2.24) is 10.2 Å². The average Bonchev–Trinajstić information content (AvgIpc) is 2.67. The van der Waals surface area contributed by atoms with Crippen LogP contribution in [0.2, 0.25) is 0 Å². The number of benzene rings is 1. The van der Waals surface area contributed by atoms with Crippen molar-refractivity contribution in [3.63, 3.8) is 0 Å². The minimum absolute atomic E-state index is 0.228. The molecule has 3 N–H and O–H groups in total. The molecule has 150 valence electrons. The molecule has 27 heavy (non-hydrogen) atoms. The first kappa shape index (κ1) is 20.9. The summed E-state index contributed by atoms with van der Waals surface area (Å²) in [5.41, 5.74) is 8.57. The molecule has 7 heteroatoms. The molecule has 0 unspecified atom stereocenters. The molecule has 1 amide bonds. The van der Waals surface area contributed by atoms with E-state index in [-0.39, 0.29) is 12.1 Å². The molecule has 0 radical (unpaired) electrons. The molecule has 1 saturated heterocycles. The number of carbonyl (C=O) groups excluding carboxylic acids is 1. The fourth-order valence-electron chi connectivity index (χ4n) is 3.33. The van der Waals surface area contributed by atoms with E-state index in [1.807, 2.05) is 6.92 Å². The number of aryl methyl sites for hydroxylation is 1. The van der Waals surface area contributed by atoms with Crippen molar-refractivity contribution in [1.29, 1.82) is 0 Å². The number of carbonyl (C=O) groups is 1. The van der Waals surface area contributed by atoms with Crippen LogP contribution in [0.25, 0.3) is 0 Å². The summed E-state index contributed by atoms with van der Waals surface area (Å²) in [5, 5.41) is 3.28. The normalized spacial score (nSPS) is 15.5. The molecule has 0 aliphatic carbocycles. The zero-order chi connectivity index (χ0) is 19.6. The van der Waals surface area contributed by atoms with Gasteiger partial charge in [-0.25, -0.2) is 4.79 Å². The van der Waals surface area contributed by atoms with Gasteiger partial charge in [0.15, 0.2) is 5.96 Å². The van der Waals surface area contributed by atoms with Crippen LogP contribution in [0.15, 0.2) is 29.3 Å². The van der Waals surface area contributed by atoms with Crippen LogP contribution in [0.4, 0.5) is 10.5 Å². The van der Waals surface area contributed by atoms with E-state index in [1.54, 1.807) is 4.90 Å². The number of para-hydroxylation sites is 1. The van der Waals surface area contributed by atoms with Crippen molar-refractivity contribution in [2.45, 2.75) is 39.7 Å². The van der Waals surface area contributed by atoms with Crippen LogP contribution in [0.5, 0.6) is 0 Å². The summed E-state index contributed by atoms with van der Waals surface area (Å²) in [5.74, 6) is 0.477. The molecule has 0 saturated carbocycles. The lowest BCUT2D eigenvalue weighted by atomic mass is 10.1. The molecule has 1 aliphatic heterocycles. The Morgan fingerprint density at radius 2 is 2.04 bits per heavy atom. The molecule has 1 fully saturated rings. The molecular weight excluding hydrogens is 342 g/mol. The maximum Gasteiger partial charge on any atom is 0.409 e. The Kier molecular flexibility index (Phi) is 8.23. The number of hydrogen-bond acceptors (Lipinski definition) is 4. The van der Waals surface area contributed by atoms with Crippen molar-refractivity contribution < 1.29 is 9.53 Å². The number of rotatable bonds is 7. The predicted molar refractivity (Wildman–Crippen MR) is 110 cm³/mol. The Morgan fingerprint density at radius 3 is 2.67 bits per heavy atom. The van der Waals surface area contributed by atoms with E-state index in [9.17, 15) is 4.79 Å². The van der Waals surface area contributed by atoms with Crippen LogP contribution in [-0.4, -0.2) is 62.3 Å². The van der Waals surface area contributed by atoms with Gasteiger partial charge in [-0.3, -0.25) is 4.99 Å². The first-order valence-corrected chi connectivity index (χ1v) is 9.83. The Labute approximate surface area is 162 Å². The molecule has 0 bridgehead atoms. The highest BCUT2D eigenvalue weighted by Gasteiger charge is 2.23. The highest BCUT2D eigenvalue weighted by molar-refractivity contribution is 5.78. The van der Waals surface area contributed by atoms with Crippen LogP contribution in [0, 0.1) is 6.92 Å². The molecule has 0 aromatic heterocycles. The van der Waals surface area contributed by atoms with Gasteiger partial charge in [-0.05, 0) is 45.2 Å². The summed E-state index contributed by atoms with van der Waals surface area (Å²) in [6.45, 7) is 10.3. The van der Waals surface area contributed by atoms with Gasteiger partial charge in [0.1, 0.15) is 0 Å². The zero-order valence-corrected chi connectivity index (χ0v) is 16.8. The molecule has 0 spiro atoms. The molecular formula is C20H33N5O2. The third-order valence-corrected chi connectivity index (χ3v) is 4.86. The van der Waals surface area contributed by atoms with E-state index in [2.05, 4.69) is 53.3 Å². The van der Waals surface area contributed by atoms with E-state index in [0.717, 1.165) is 25.9 Å². The van der Waals surface area contributed by atoms with Gasteiger partial charge in [-0.1, -0.05) is 18.2 Å². The maximum absolute atomic E-state index is 11.7. The van der Waals surface area contributed by atoms with Gasteiger partial charge in [0.2, 0.25) is 0 Å². The SMILES string of the molecule is CCOC(=O)N1CCC(NC(N)=NCCN(CC)c2ccccc2C)CC1. The van der Waals surface area contributed by atoms with E-state index >= 15 is 0 Å². The van der Waals surface area contributed by atoms with Gasteiger partial charge >= 0.3 is 6.09 Å². The third-order valence-electron chi connectivity index (χ3n) is 4.86. The van der Waals surface area contributed by atoms with E-state index in [1.165, 1.54) is 11.3 Å². The molecule has 1 aliphatic rings. The largest absolute Gasteiger partial charge is 0.450 e. The number of nitrogens with two attached hydrogens (primary N) is 1. The third kappa shape index (κ3) is 6.34. The number of likely N-dealkylation sites (N-methyl/N-ethyl adjacent to an activating group) is 1. The molecule has 1 aromatic carbocycles. The van der Waals surface area contributed by atoms with Crippen LogP contribution >= 0.6 is 0 Å². The second-order valence-corrected chi connectivity index (χ2v) is 6.74. The number of aliphatic imine (C=N–C) groups is 1. The summed E-state index contributed by atoms with van der Waals surface area (Å²) in [7, 11) is 0. The number of amides is 1. The van der Waals surface area contributed by atoms with Gasteiger partial charge in [0, 0.05) is 37.9 Å². The lowest BCUT2D eigenvalue weighted by Crippen LogP contribution is -2.48. The maximum atomic E-state index is 11.7. The lowest BCUT2D eigenvalue weighted by Gasteiger charge is -2.31. The van der Waals surface area contributed by atoms with Crippen LogP contribution in [-0.2, 0) is 4.74 Å². The van der Waals surface area contributed by atoms with Crippen molar-refractivity contribution in [3.05, 3.63) is 29.8 Å². The van der Waals surface area contributed by atoms with Crippen LogP contribution in [0.1, 0.15) is 32.3 Å². The van der Waals surface area contributed by atoms with Gasteiger partial charge < -0.3 is 25.6 Å². The number of piperidine rings is 1. The Bertz CT molecular complexity index is 627. The number of hydrogen-bond donors (Lipinski definition) is 2. The minimum Gasteiger partial charge on any atom is -0.450 e. The van der Waals surface area contributed by atoms with E-state index in [0.29, 0.717) is 32.2 Å². The number of guanidine groups is 1. The summed E-state index contributed by atoms with van der Waals surface area (Å²) in [4.78, 5) is 20.3. The second-order valence-electron chi connectivity index (χ2n) is 6.74. The Morgan fingerprint density at radius 1 is 1.33 bits per heavy atom. The van der Waals surface area contributed by atoms with E-state index in [4.69, 9.17) is 10.5 Å². The quantitative estimate of drug-likeness (QED) is 0.565. The predicted octanol–water partition coefficient (Wildman–Crippen LogP) is 2.35. The highest BCUT2D eigenvalue weighted by Crippen LogP contribution is 2.18. The molecule has 7 nitrogen and oxygen atoms in total. The summed E-state index contributed by atoms with van der Waals surface area (Å²) in [6.07, 6.45) is 1.46. The standard InChI is InChI=1S/C20H33N5O2/c1-4-24(18-9-7-6-8-16(18)3)15-12-22-19(21)23-17-10-13-25(14-11-17)20(26)27-5-2/h6-9,17H,4-5,10-15H2,1-3H3,(H3,21,22,23). The van der Waals surface area contributed by atoms with Gasteiger partial charge in [-0.15, -0.1) is 0 Å². The van der Waals surface area contributed by atoms with Crippen molar-refractivity contribution in [2.24, 2.45) is 10.7 Å². The second kappa shape index (κ2) is 10.6.